The zero-order valence-corrected chi connectivity index (χ0v) is 3.24. The van der Waals surface area contributed by atoms with E-state index in [1.54, 1.807) is 0 Å². The highest BCUT2D eigenvalue weighted by Gasteiger charge is 1.98. The molecule has 0 fully saturated rings. The Hall–Kier alpha value is -0.370. The predicted octanol–water partition coefficient (Wildman–Crippen LogP) is 0.605. The molecule has 1 aliphatic rings. The van der Waals surface area contributed by atoms with Gasteiger partial charge in [-0.1, -0.05) is 0 Å². The average molecular weight is 86.1 g/mol. The lowest BCUT2D eigenvalue weighted by Crippen LogP contribution is -2.00. The van der Waals surface area contributed by atoms with E-state index in [-0.39, 0.29) is 5.83 Å². The maximum atomic E-state index is 11.7. The van der Waals surface area contributed by atoms with Crippen molar-refractivity contribution in [3.63, 3.8) is 0 Å². The van der Waals surface area contributed by atoms with Crippen molar-refractivity contribution in [1.82, 2.24) is 5.32 Å². The summed E-state index contributed by atoms with van der Waals surface area (Å²) in [5.74, 6) is -0.157. The molecule has 0 unspecified atom stereocenters. The molecule has 0 spiro atoms. The van der Waals surface area contributed by atoms with Crippen LogP contribution in [-0.2, 0) is 0 Å². The summed E-state index contributed by atoms with van der Waals surface area (Å²) in [4.78, 5) is 0. The largest absolute Gasteiger partial charge is 0.303 e. The number of rotatable bonds is 0. The molecule has 0 bridgehead atoms. The van der Waals surface area contributed by atoms with Crippen LogP contribution >= 0.6 is 0 Å². The number of nitrogens with one attached hydrogen (secondary N) is 1. The topological polar surface area (TPSA) is 12.0 Å². The first kappa shape index (κ1) is 3.81. The lowest BCUT2D eigenvalue weighted by Gasteiger charge is -1.79. The van der Waals surface area contributed by atoms with E-state index >= 15 is 0 Å². The summed E-state index contributed by atoms with van der Waals surface area (Å²) in [5, 5.41) is 2.68. The molecular formula is C4H5FN. The Morgan fingerprint density at radius 2 is 2.67 bits per heavy atom. The molecule has 0 saturated heterocycles. The van der Waals surface area contributed by atoms with Crippen LogP contribution in [0.5, 0.6) is 0 Å². The van der Waals surface area contributed by atoms with Gasteiger partial charge in [-0.3, -0.25) is 0 Å². The molecule has 1 N–H and O–H groups in total. The third-order valence-electron chi connectivity index (χ3n) is 0.655. The summed E-state index contributed by atoms with van der Waals surface area (Å²) in [6.07, 6.45) is 1.49. The predicted molar refractivity (Wildman–Crippen MR) is 21.5 cm³/mol. The van der Waals surface area contributed by atoms with E-state index in [0.717, 1.165) is 0 Å². The van der Waals surface area contributed by atoms with Crippen LogP contribution < -0.4 is 5.32 Å². The first-order valence-corrected chi connectivity index (χ1v) is 1.82. The average Bonchev–Trinajstić information content (AvgIpc) is 1.86. The number of hydrogen-bond donors (Lipinski definition) is 1. The van der Waals surface area contributed by atoms with Gasteiger partial charge in [-0.2, -0.15) is 0 Å². The fourth-order valence-electron chi connectivity index (χ4n) is 0.372. The van der Waals surface area contributed by atoms with Crippen molar-refractivity contribution >= 4 is 0 Å². The Morgan fingerprint density at radius 3 is 2.83 bits per heavy atom. The summed E-state index contributed by atoms with van der Waals surface area (Å²) in [7, 11) is 0. The van der Waals surface area contributed by atoms with Crippen LogP contribution in [0.15, 0.2) is 11.9 Å². The van der Waals surface area contributed by atoms with Crippen molar-refractivity contribution in [2.24, 2.45) is 0 Å². The molecule has 33 valence electrons. The second-order valence-corrected chi connectivity index (χ2v) is 1.14. The molecular weight excluding hydrogens is 81.0 g/mol. The van der Waals surface area contributed by atoms with Gasteiger partial charge in [0.1, 0.15) is 5.83 Å². The van der Waals surface area contributed by atoms with Crippen LogP contribution in [0.1, 0.15) is 0 Å². The van der Waals surface area contributed by atoms with Crippen molar-refractivity contribution < 1.29 is 4.39 Å². The molecule has 0 aliphatic carbocycles. The van der Waals surface area contributed by atoms with E-state index < -0.39 is 0 Å². The van der Waals surface area contributed by atoms with Crippen LogP contribution in [0.4, 0.5) is 4.39 Å². The first-order chi connectivity index (χ1) is 2.89. The molecule has 1 radical (unpaired) electrons. The third-order valence-corrected chi connectivity index (χ3v) is 0.655. The second-order valence-electron chi connectivity index (χ2n) is 1.14. The number of halogens is 1. The van der Waals surface area contributed by atoms with Crippen molar-refractivity contribution in [3.8, 4) is 0 Å². The van der Waals surface area contributed by atoms with Crippen molar-refractivity contribution in [3.05, 3.63) is 18.4 Å². The van der Waals surface area contributed by atoms with E-state index in [9.17, 15) is 4.39 Å². The summed E-state index contributed by atoms with van der Waals surface area (Å²) >= 11 is 0. The van der Waals surface area contributed by atoms with Gasteiger partial charge in [0.25, 0.3) is 0 Å². The smallest absolute Gasteiger partial charge is 0.116 e. The summed E-state index contributed by atoms with van der Waals surface area (Å²) < 4.78 is 11.7. The van der Waals surface area contributed by atoms with Crippen LogP contribution in [0.25, 0.3) is 0 Å². The highest BCUT2D eigenvalue weighted by molar-refractivity contribution is 5.10. The van der Waals surface area contributed by atoms with Crippen LogP contribution in [0.2, 0.25) is 0 Å². The van der Waals surface area contributed by atoms with Crippen molar-refractivity contribution in [2.75, 3.05) is 6.54 Å². The molecule has 1 aliphatic heterocycles. The summed E-state index contributed by atoms with van der Waals surface area (Å²) in [6.45, 7) is 1.99. The normalized spacial score (nSPS) is 21.2. The van der Waals surface area contributed by atoms with Gasteiger partial charge < -0.3 is 5.32 Å². The first-order valence-electron chi connectivity index (χ1n) is 1.82. The highest BCUT2D eigenvalue weighted by Crippen LogP contribution is 2.01. The molecule has 1 nitrogen and oxygen atoms in total. The third kappa shape index (κ3) is 0.571. The summed E-state index contributed by atoms with van der Waals surface area (Å²) in [6, 6.07) is 0. The molecule has 0 aromatic heterocycles. The van der Waals surface area contributed by atoms with Crippen molar-refractivity contribution in [2.45, 2.75) is 0 Å². The molecule has 1 rings (SSSR count). The van der Waals surface area contributed by atoms with Crippen LogP contribution in [-0.4, -0.2) is 6.54 Å². The highest BCUT2D eigenvalue weighted by atomic mass is 19.1. The SMILES string of the molecule is FC1=CCN[CH]1. The Labute approximate surface area is 35.9 Å². The van der Waals surface area contributed by atoms with Gasteiger partial charge in [-0.25, -0.2) is 4.39 Å². The van der Waals surface area contributed by atoms with E-state index in [4.69, 9.17) is 0 Å². The monoisotopic (exact) mass is 86.0 g/mol. The Kier molecular flexibility index (Phi) is 0.881. The fourth-order valence-corrected chi connectivity index (χ4v) is 0.372. The Bertz CT molecular complexity index is 77.6. The quantitative estimate of drug-likeness (QED) is 0.455. The van der Waals surface area contributed by atoms with E-state index in [2.05, 4.69) is 5.32 Å². The molecule has 0 atom stereocenters. The minimum absolute atomic E-state index is 0.157. The van der Waals surface area contributed by atoms with Gasteiger partial charge in [0.2, 0.25) is 0 Å². The zero-order valence-electron chi connectivity index (χ0n) is 3.24. The van der Waals surface area contributed by atoms with Gasteiger partial charge in [0.05, 0.1) is 6.54 Å². The van der Waals surface area contributed by atoms with Gasteiger partial charge in [-0.15, -0.1) is 0 Å². The minimum Gasteiger partial charge on any atom is -0.303 e. The van der Waals surface area contributed by atoms with Crippen LogP contribution in [0, 0.1) is 6.54 Å². The van der Waals surface area contributed by atoms with E-state index in [0.29, 0.717) is 6.54 Å². The lowest BCUT2D eigenvalue weighted by molar-refractivity contribution is 0.647. The van der Waals surface area contributed by atoms with Gasteiger partial charge in [-0.05, 0) is 6.08 Å². The maximum Gasteiger partial charge on any atom is 0.116 e. The maximum absolute atomic E-state index is 11.7. The second kappa shape index (κ2) is 1.39. The van der Waals surface area contributed by atoms with Crippen LogP contribution in [0.3, 0.4) is 0 Å². The molecule has 0 aromatic rings. The Morgan fingerprint density at radius 1 is 1.83 bits per heavy atom. The van der Waals surface area contributed by atoms with Gasteiger partial charge in [0, 0.05) is 6.54 Å². The summed E-state index contributed by atoms with van der Waals surface area (Å²) in [5.41, 5.74) is 0. The van der Waals surface area contributed by atoms with Crippen molar-refractivity contribution in [1.29, 1.82) is 0 Å². The van der Waals surface area contributed by atoms with E-state index in [1.807, 2.05) is 0 Å². The standard InChI is InChI=1S/C4H5FN/c5-4-1-2-6-3-4/h1,3,6H,2H2. The van der Waals surface area contributed by atoms with Gasteiger partial charge in [0.15, 0.2) is 0 Å². The molecule has 6 heavy (non-hydrogen) atoms. The molecule has 2 heteroatoms. The molecule has 1 heterocycles. The minimum atomic E-state index is -0.157. The number of hydrogen-bond acceptors (Lipinski definition) is 1. The molecule has 0 amide bonds. The molecule has 0 aromatic carbocycles. The fraction of sp³-hybridized carbons (Fsp3) is 0.250. The Balaban J connectivity index is 2.45. The molecule has 0 saturated carbocycles. The van der Waals surface area contributed by atoms with E-state index in [1.165, 1.54) is 12.6 Å². The zero-order chi connectivity index (χ0) is 4.41. The lowest BCUT2D eigenvalue weighted by atomic mass is 10.6. The van der Waals surface area contributed by atoms with Gasteiger partial charge >= 0.3 is 0 Å².